The Kier molecular flexibility index (Phi) is 5.23. The third-order valence-electron chi connectivity index (χ3n) is 3.71. The van der Waals surface area contributed by atoms with E-state index in [0.717, 1.165) is 22.9 Å². The molecule has 2 aromatic carbocycles. The van der Waals surface area contributed by atoms with Gasteiger partial charge in [-0.3, -0.25) is 0 Å². The SMILES string of the molecule is CN(Cc1cnn(-c2ccccc2)c1)C(=S)NCc1ccccc1. The van der Waals surface area contributed by atoms with Gasteiger partial charge >= 0.3 is 0 Å². The second-order valence-corrected chi connectivity index (χ2v) is 6.02. The highest BCUT2D eigenvalue weighted by Crippen LogP contribution is 2.09. The molecule has 1 aromatic heterocycles. The van der Waals surface area contributed by atoms with Gasteiger partial charge in [0, 0.05) is 31.9 Å². The van der Waals surface area contributed by atoms with Crippen molar-refractivity contribution in [3.63, 3.8) is 0 Å². The fraction of sp³-hybridized carbons (Fsp3) is 0.158. The summed E-state index contributed by atoms with van der Waals surface area (Å²) in [5.74, 6) is 0. The first-order valence-electron chi connectivity index (χ1n) is 7.84. The highest BCUT2D eigenvalue weighted by molar-refractivity contribution is 7.80. The van der Waals surface area contributed by atoms with Crippen molar-refractivity contribution < 1.29 is 0 Å². The van der Waals surface area contributed by atoms with Crippen molar-refractivity contribution in [1.29, 1.82) is 0 Å². The maximum atomic E-state index is 5.46. The van der Waals surface area contributed by atoms with E-state index in [4.69, 9.17) is 12.2 Å². The van der Waals surface area contributed by atoms with Crippen molar-refractivity contribution >= 4 is 17.3 Å². The number of nitrogens with zero attached hydrogens (tertiary/aromatic N) is 3. The van der Waals surface area contributed by atoms with Gasteiger partial charge in [-0.1, -0.05) is 48.5 Å². The van der Waals surface area contributed by atoms with E-state index in [9.17, 15) is 0 Å². The number of rotatable bonds is 5. The van der Waals surface area contributed by atoms with E-state index in [2.05, 4.69) is 22.5 Å². The summed E-state index contributed by atoms with van der Waals surface area (Å²) in [5, 5.41) is 8.43. The molecule has 0 radical (unpaired) electrons. The Labute approximate surface area is 147 Å². The number of benzene rings is 2. The minimum absolute atomic E-state index is 0.716. The molecule has 3 aromatic rings. The van der Waals surface area contributed by atoms with Crippen LogP contribution in [0.15, 0.2) is 73.1 Å². The number of hydrogen-bond acceptors (Lipinski definition) is 2. The van der Waals surface area contributed by atoms with E-state index >= 15 is 0 Å². The van der Waals surface area contributed by atoms with E-state index < -0.39 is 0 Å². The molecular weight excluding hydrogens is 316 g/mol. The van der Waals surface area contributed by atoms with Gasteiger partial charge in [-0.25, -0.2) is 4.68 Å². The molecule has 0 unspecified atom stereocenters. The van der Waals surface area contributed by atoms with Gasteiger partial charge in [0.15, 0.2) is 5.11 Å². The van der Waals surface area contributed by atoms with Crippen LogP contribution in [0.1, 0.15) is 11.1 Å². The standard InChI is InChI=1S/C19H20N4S/c1-22(19(24)20-12-16-8-4-2-5-9-16)14-17-13-21-23(15-17)18-10-6-3-7-11-18/h2-11,13,15H,12,14H2,1H3,(H,20,24). The van der Waals surface area contributed by atoms with Crippen LogP contribution in [0.2, 0.25) is 0 Å². The first kappa shape index (κ1) is 16.2. The van der Waals surface area contributed by atoms with E-state index in [1.54, 1.807) is 0 Å². The summed E-state index contributed by atoms with van der Waals surface area (Å²) < 4.78 is 1.88. The van der Waals surface area contributed by atoms with Gasteiger partial charge in [-0.15, -0.1) is 0 Å². The summed E-state index contributed by atoms with van der Waals surface area (Å²) in [6.07, 6.45) is 3.91. The quantitative estimate of drug-likeness (QED) is 0.724. The van der Waals surface area contributed by atoms with Crippen LogP contribution in [0.5, 0.6) is 0 Å². The Morgan fingerprint density at radius 3 is 2.42 bits per heavy atom. The number of aromatic nitrogens is 2. The lowest BCUT2D eigenvalue weighted by Crippen LogP contribution is -2.36. The van der Waals surface area contributed by atoms with Crippen molar-refractivity contribution in [2.75, 3.05) is 7.05 Å². The molecule has 0 bridgehead atoms. The molecule has 3 rings (SSSR count). The molecule has 1 heterocycles. The molecule has 5 heteroatoms. The fourth-order valence-electron chi connectivity index (χ4n) is 2.42. The first-order chi connectivity index (χ1) is 11.7. The van der Waals surface area contributed by atoms with Gasteiger partial charge in [0.25, 0.3) is 0 Å². The van der Waals surface area contributed by atoms with Gasteiger partial charge in [0.1, 0.15) is 0 Å². The van der Waals surface area contributed by atoms with E-state index in [0.29, 0.717) is 6.54 Å². The van der Waals surface area contributed by atoms with Crippen molar-refractivity contribution in [2.45, 2.75) is 13.1 Å². The predicted octanol–water partition coefficient (Wildman–Crippen LogP) is 3.38. The number of para-hydroxylation sites is 1. The van der Waals surface area contributed by atoms with Gasteiger partial charge in [-0.2, -0.15) is 5.10 Å². The Hall–Kier alpha value is -2.66. The second-order valence-electron chi connectivity index (χ2n) is 5.63. The van der Waals surface area contributed by atoms with Crippen molar-refractivity contribution in [2.24, 2.45) is 0 Å². The maximum absolute atomic E-state index is 5.46. The summed E-state index contributed by atoms with van der Waals surface area (Å²) >= 11 is 5.46. The molecule has 0 aliphatic rings. The fourth-order valence-corrected chi connectivity index (χ4v) is 2.55. The Morgan fingerprint density at radius 1 is 1.04 bits per heavy atom. The molecule has 0 aliphatic heterocycles. The zero-order valence-electron chi connectivity index (χ0n) is 13.6. The van der Waals surface area contributed by atoms with Gasteiger partial charge < -0.3 is 10.2 Å². The van der Waals surface area contributed by atoms with Crippen LogP contribution in [-0.4, -0.2) is 26.8 Å². The van der Waals surface area contributed by atoms with Crippen molar-refractivity contribution in [1.82, 2.24) is 20.0 Å². The zero-order chi connectivity index (χ0) is 16.8. The van der Waals surface area contributed by atoms with E-state index in [1.807, 2.05) is 77.6 Å². The summed E-state index contributed by atoms with van der Waals surface area (Å²) in [6.45, 7) is 1.45. The van der Waals surface area contributed by atoms with E-state index in [-0.39, 0.29) is 0 Å². The van der Waals surface area contributed by atoms with Crippen LogP contribution in [0.25, 0.3) is 5.69 Å². The minimum atomic E-state index is 0.716. The second kappa shape index (κ2) is 7.75. The maximum Gasteiger partial charge on any atom is 0.169 e. The molecule has 0 fully saturated rings. The van der Waals surface area contributed by atoms with Gasteiger partial charge in [-0.05, 0) is 29.9 Å². The monoisotopic (exact) mass is 336 g/mol. The highest BCUT2D eigenvalue weighted by atomic mass is 32.1. The number of hydrogen-bond donors (Lipinski definition) is 1. The lowest BCUT2D eigenvalue weighted by atomic mass is 10.2. The highest BCUT2D eigenvalue weighted by Gasteiger charge is 2.07. The molecule has 0 aliphatic carbocycles. The zero-order valence-corrected chi connectivity index (χ0v) is 14.4. The molecule has 0 amide bonds. The minimum Gasteiger partial charge on any atom is -0.358 e. The summed E-state index contributed by atoms with van der Waals surface area (Å²) in [5.41, 5.74) is 3.38. The van der Waals surface area contributed by atoms with Crippen LogP contribution in [-0.2, 0) is 13.1 Å². The number of nitrogens with one attached hydrogen (secondary N) is 1. The smallest absolute Gasteiger partial charge is 0.169 e. The third-order valence-corrected chi connectivity index (χ3v) is 4.17. The van der Waals surface area contributed by atoms with Crippen LogP contribution >= 0.6 is 12.2 Å². The molecule has 122 valence electrons. The van der Waals surface area contributed by atoms with Crippen molar-refractivity contribution in [3.05, 3.63) is 84.2 Å². The predicted molar refractivity (Wildman–Crippen MR) is 101 cm³/mol. The molecular formula is C19H20N4S. The largest absolute Gasteiger partial charge is 0.358 e. The van der Waals surface area contributed by atoms with Gasteiger partial charge in [0.2, 0.25) is 0 Å². The average Bonchev–Trinajstić information content (AvgIpc) is 3.10. The molecule has 24 heavy (non-hydrogen) atoms. The molecule has 1 N–H and O–H groups in total. The Balaban J connectivity index is 1.55. The topological polar surface area (TPSA) is 33.1 Å². The molecule has 0 spiro atoms. The van der Waals surface area contributed by atoms with Crippen LogP contribution in [0.4, 0.5) is 0 Å². The summed E-state index contributed by atoms with van der Waals surface area (Å²) in [4.78, 5) is 2.02. The summed E-state index contributed by atoms with van der Waals surface area (Å²) in [6, 6.07) is 20.3. The van der Waals surface area contributed by atoms with Crippen molar-refractivity contribution in [3.8, 4) is 5.69 Å². The first-order valence-corrected chi connectivity index (χ1v) is 8.25. The Morgan fingerprint density at radius 2 is 1.71 bits per heavy atom. The van der Waals surface area contributed by atoms with Crippen LogP contribution < -0.4 is 5.32 Å². The normalized spacial score (nSPS) is 10.4. The summed E-state index contributed by atoms with van der Waals surface area (Å²) in [7, 11) is 1.99. The van der Waals surface area contributed by atoms with E-state index in [1.165, 1.54) is 5.56 Å². The molecule has 0 atom stereocenters. The number of thiocarbonyl (C=S) groups is 1. The molecule has 0 saturated heterocycles. The lowest BCUT2D eigenvalue weighted by Gasteiger charge is -2.20. The van der Waals surface area contributed by atoms with Crippen LogP contribution in [0, 0.1) is 0 Å². The Bertz CT molecular complexity index is 783. The third kappa shape index (κ3) is 4.20. The average molecular weight is 336 g/mol. The molecule has 4 nitrogen and oxygen atoms in total. The van der Waals surface area contributed by atoms with Gasteiger partial charge in [0.05, 0.1) is 11.9 Å². The lowest BCUT2D eigenvalue weighted by molar-refractivity contribution is 0.489. The van der Waals surface area contributed by atoms with Crippen LogP contribution in [0.3, 0.4) is 0 Å². The molecule has 0 saturated carbocycles.